The van der Waals surface area contributed by atoms with E-state index in [2.05, 4.69) is 29.2 Å². The Bertz CT molecular complexity index is 340. The third-order valence-electron chi connectivity index (χ3n) is 2.96. The summed E-state index contributed by atoms with van der Waals surface area (Å²) >= 11 is 0. The van der Waals surface area contributed by atoms with Gasteiger partial charge in [0, 0.05) is 26.7 Å². The second-order valence-corrected chi connectivity index (χ2v) is 4.43. The monoisotopic (exact) mass is 221 g/mol. The van der Waals surface area contributed by atoms with E-state index in [4.69, 9.17) is 4.74 Å². The Kier molecular flexibility index (Phi) is 3.93. The van der Waals surface area contributed by atoms with Crippen LogP contribution in [-0.2, 0) is 17.9 Å². The minimum absolute atomic E-state index is 0.137. The van der Waals surface area contributed by atoms with Gasteiger partial charge in [-0.25, -0.2) is 0 Å². The van der Waals surface area contributed by atoms with Gasteiger partial charge < -0.3 is 9.84 Å². The van der Waals surface area contributed by atoms with Crippen molar-refractivity contribution in [2.24, 2.45) is 0 Å². The number of aliphatic hydroxyl groups excluding tert-OH is 1. The van der Waals surface area contributed by atoms with Gasteiger partial charge in [-0.1, -0.05) is 24.3 Å². The van der Waals surface area contributed by atoms with Crippen molar-refractivity contribution in [2.75, 3.05) is 20.2 Å². The zero-order valence-electron chi connectivity index (χ0n) is 9.72. The fraction of sp³-hybridized carbons (Fsp3) is 0.538. The largest absolute Gasteiger partial charge is 0.392 e. The molecule has 0 bridgehead atoms. The lowest BCUT2D eigenvalue weighted by molar-refractivity contribution is 0.174. The molecule has 3 heteroatoms. The summed E-state index contributed by atoms with van der Waals surface area (Å²) in [5.74, 6) is 0. The van der Waals surface area contributed by atoms with Crippen LogP contribution in [0.1, 0.15) is 17.5 Å². The Morgan fingerprint density at radius 3 is 2.94 bits per heavy atom. The minimum Gasteiger partial charge on any atom is -0.392 e. The van der Waals surface area contributed by atoms with Gasteiger partial charge in [-0.15, -0.1) is 0 Å². The third kappa shape index (κ3) is 3.04. The summed E-state index contributed by atoms with van der Waals surface area (Å²) in [5.41, 5.74) is 2.50. The second-order valence-electron chi connectivity index (χ2n) is 4.43. The third-order valence-corrected chi connectivity index (χ3v) is 2.96. The van der Waals surface area contributed by atoms with Crippen LogP contribution < -0.4 is 0 Å². The minimum atomic E-state index is -0.137. The first-order valence-electron chi connectivity index (χ1n) is 5.75. The molecule has 0 spiro atoms. The molecule has 88 valence electrons. The van der Waals surface area contributed by atoms with Gasteiger partial charge in [0.25, 0.3) is 0 Å². The van der Waals surface area contributed by atoms with Crippen LogP contribution in [0, 0.1) is 0 Å². The van der Waals surface area contributed by atoms with Crippen LogP contribution in [0.3, 0.4) is 0 Å². The molecule has 1 fully saturated rings. The molecule has 1 N–H and O–H groups in total. The summed E-state index contributed by atoms with van der Waals surface area (Å²) in [6.07, 6.45) is 0.764. The highest BCUT2D eigenvalue weighted by molar-refractivity contribution is 5.23. The van der Waals surface area contributed by atoms with Crippen LogP contribution >= 0.6 is 0 Å². The van der Waals surface area contributed by atoms with Crippen molar-refractivity contribution < 1.29 is 9.84 Å². The number of aliphatic hydroxyl groups is 1. The number of likely N-dealkylation sites (tertiary alicyclic amines) is 1. The average Bonchev–Trinajstić information content (AvgIpc) is 2.65. The molecule has 0 aromatic heterocycles. The molecule has 1 heterocycles. The lowest BCUT2D eigenvalue weighted by Crippen LogP contribution is -2.21. The van der Waals surface area contributed by atoms with Gasteiger partial charge in [-0.2, -0.15) is 0 Å². The van der Waals surface area contributed by atoms with Gasteiger partial charge in [0.2, 0.25) is 0 Å². The fourth-order valence-electron chi connectivity index (χ4n) is 2.20. The molecule has 3 nitrogen and oxygen atoms in total. The predicted octanol–water partition coefficient (Wildman–Crippen LogP) is 1.40. The van der Waals surface area contributed by atoms with Gasteiger partial charge in [0.05, 0.1) is 12.7 Å². The van der Waals surface area contributed by atoms with E-state index in [0.29, 0.717) is 6.61 Å². The molecule has 2 rings (SSSR count). The van der Waals surface area contributed by atoms with E-state index in [9.17, 15) is 5.11 Å². The molecule has 0 saturated carbocycles. The molecular weight excluding hydrogens is 202 g/mol. The van der Waals surface area contributed by atoms with Crippen molar-refractivity contribution in [3.63, 3.8) is 0 Å². The van der Waals surface area contributed by atoms with E-state index < -0.39 is 0 Å². The zero-order valence-corrected chi connectivity index (χ0v) is 9.72. The molecule has 0 radical (unpaired) electrons. The number of methoxy groups -OCH3 is 1. The summed E-state index contributed by atoms with van der Waals surface area (Å²) in [6, 6.07) is 8.44. The van der Waals surface area contributed by atoms with Gasteiger partial charge in [-0.3, -0.25) is 4.90 Å². The molecule has 16 heavy (non-hydrogen) atoms. The van der Waals surface area contributed by atoms with E-state index >= 15 is 0 Å². The summed E-state index contributed by atoms with van der Waals surface area (Å²) in [4.78, 5) is 2.29. The normalized spacial score (nSPS) is 21.5. The van der Waals surface area contributed by atoms with Crippen molar-refractivity contribution >= 4 is 0 Å². The van der Waals surface area contributed by atoms with Crippen LogP contribution in [0.4, 0.5) is 0 Å². The predicted molar refractivity (Wildman–Crippen MR) is 63.1 cm³/mol. The Morgan fingerprint density at radius 1 is 1.44 bits per heavy atom. The summed E-state index contributed by atoms with van der Waals surface area (Å²) < 4.78 is 5.12. The standard InChI is InChI=1S/C13H19NO2/c1-16-10-12-4-2-3-11(7-12)8-14-6-5-13(15)9-14/h2-4,7,13,15H,5-6,8-10H2,1H3/t13-/m1/s1. The molecule has 0 unspecified atom stereocenters. The highest BCUT2D eigenvalue weighted by atomic mass is 16.5. The van der Waals surface area contributed by atoms with E-state index in [1.54, 1.807) is 7.11 Å². The first kappa shape index (κ1) is 11.6. The maximum absolute atomic E-state index is 9.45. The molecular formula is C13H19NO2. The van der Waals surface area contributed by atoms with E-state index in [1.165, 1.54) is 11.1 Å². The number of nitrogens with zero attached hydrogens (tertiary/aromatic N) is 1. The fourth-order valence-corrected chi connectivity index (χ4v) is 2.20. The summed E-state index contributed by atoms with van der Waals surface area (Å²) in [5, 5.41) is 9.45. The lowest BCUT2D eigenvalue weighted by atomic mass is 10.1. The number of hydrogen-bond acceptors (Lipinski definition) is 3. The Hall–Kier alpha value is -0.900. The molecule has 0 aliphatic carbocycles. The highest BCUT2D eigenvalue weighted by Gasteiger charge is 2.19. The van der Waals surface area contributed by atoms with Crippen LogP contribution in [0.25, 0.3) is 0 Å². The number of ether oxygens (including phenoxy) is 1. The Labute approximate surface area is 96.6 Å². The summed E-state index contributed by atoms with van der Waals surface area (Å²) in [6.45, 7) is 3.38. The zero-order chi connectivity index (χ0) is 11.4. The van der Waals surface area contributed by atoms with Crippen LogP contribution in [-0.4, -0.2) is 36.3 Å². The topological polar surface area (TPSA) is 32.7 Å². The van der Waals surface area contributed by atoms with Gasteiger partial charge in [0.1, 0.15) is 0 Å². The van der Waals surface area contributed by atoms with Crippen molar-refractivity contribution in [1.82, 2.24) is 4.90 Å². The van der Waals surface area contributed by atoms with Crippen molar-refractivity contribution in [1.29, 1.82) is 0 Å². The molecule has 0 amide bonds. The van der Waals surface area contributed by atoms with Crippen molar-refractivity contribution in [3.05, 3.63) is 35.4 Å². The van der Waals surface area contributed by atoms with Crippen LogP contribution in [0.5, 0.6) is 0 Å². The molecule has 1 aromatic rings. The van der Waals surface area contributed by atoms with Gasteiger partial charge >= 0.3 is 0 Å². The second kappa shape index (κ2) is 5.43. The number of hydrogen-bond donors (Lipinski definition) is 1. The number of rotatable bonds is 4. The molecule has 1 aliphatic rings. The Morgan fingerprint density at radius 2 is 2.25 bits per heavy atom. The smallest absolute Gasteiger partial charge is 0.0713 e. The van der Waals surface area contributed by atoms with E-state index in [0.717, 1.165) is 26.1 Å². The highest BCUT2D eigenvalue weighted by Crippen LogP contribution is 2.14. The molecule has 1 atom stereocenters. The quantitative estimate of drug-likeness (QED) is 0.834. The van der Waals surface area contributed by atoms with Crippen molar-refractivity contribution in [3.8, 4) is 0 Å². The van der Waals surface area contributed by atoms with Crippen LogP contribution in [0.2, 0.25) is 0 Å². The average molecular weight is 221 g/mol. The maximum atomic E-state index is 9.45. The van der Waals surface area contributed by atoms with Crippen molar-refractivity contribution in [2.45, 2.75) is 25.7 Å². The SMILES string of the molecule is COCc1cccc(CN2CC[C@@H](O)C2)c1. The Balaban J connectivity index is 1.95. The van der Waals surface area contributed by atoms with Gasteiger partial charge in [-0.05, 0) is 17.5 Å². The molecule has 1 aliphatic heterocycles. The number of benzene rings is 1. The van der Waals surface area contributed by atoms with Crippen LogP contribution in [0.15, 0.2) is 24.3 Å². The van der Waals surface area contributed by atoms with Gasteiger partial charge in [0.15, 0.2) is 0 Å². The molecule has 1 saturated heterocycles. The summed E-state index contributed by atoms with van der Waals surface area (Å²) in [7, 11) is 1.71. The first-order valence-corrected chi connectivity index (χ1v) is 5.75. The van der Waals surface area contributed by atoms with E-state index in [1.807, 2.05) is 0 Å². The molecule has 1 aromatic carbocycles. The maximum Gasteiger partial charge on any atom is 0.0713 e. The number of β-amino-alcohol motifs (C(OH)–C–C–N with tert-alkyl or cyclic N) is 1. The van der Waals surface area contributed by atoms with E-state index in [-0.39, 0.29) is 6.10 Å². The lowest BCUT2D eigenvalue weighted by Gasteiger charge is -2.15. The first-order chi connectivity index (χ1) is 7.78.